The molecule has 37 heavy (non-hydrogen) atoms. The number of hydroxylamine groups is 2. The third-order valence-electron chi connectivity index (χ3n) is 5.96. The molecule has 1 fully saturated rings. The maximum Gasteiger partial charge on any atom is 0.262 e. The summed E-state index contributed by atoms with van der Waals surface area (Å²) in [7, 11) is -3.89. The molecule has 1 aliphatic heterocycles. The van der Waals surface area contributed by atoms with Crippen molar-refractivity contribution in [3.8, 4) is 11.1 Å². The number of amides is 1. The number of carbonyl (C=O) groups is 1. The molecule has 4 rings (SSSR count). The molecule has 2 aromatic heterocycles. The number of aryl methyl sites for hydroxylation is 1. The number of carbonyl (C=O) groups excluding carboxylic acids is 1. The monoisotopic (exact) mass is 529 g/mol. The summed E-state index contributed by atoms with van der Waals surface area (Å²) >= 11 is 0. The van der Waals surface area contributed by atoms with E-state index in [9.17, 15) is 22.8 Å². The number of nitrogens with zero attached hydrogens (tertiary/aromatic N) is 7. The number of rotatable bonds is 10. The third-order valence-corrected chi connectivity index (χ3v) is 7.73. The number of anilines is 1. The molecule has 1 aromatic carbocycles. The predicted molar refractivity (Wildman–Crippen MR) is 133 cm³/mol. The van der Waals surface area contributed by atoms with Gasteiger partial charge in [-0.3, -0.25) is 10.0 Å². The van der Waals surface area contributed by atoms with Gasteiger partial charge in [-0.05, 0) is 36.6 Å². The van der Waals surface area contributed by atoms with Crippen molar-refractivity contribution in [1.29, 1.82) is 0 Å². The van der Waals surface area contributed by atoms with Gasteiger partial charge in [-0.15, -0.1) is 0 Å². The Kier molecular flexibility index (Phi) is 8.69. The molecule has 1 amide bonds. The molecule has 0 radical (unpaired) electrons. The lowest BCUT2D eigenvalue weighted by Gasteiger charge is -2.34. The van der Waals surface area contributed by atoms with Crippen molar-refractivity contribution in [3.05, 3.63) is 66.8 Å². The lowest BCUT2D eigenvalue weighted by molar-refractivity contribution is -0.162. The molecule has 0 spiro atoms. The number of halogens is 1. The van der Waals surface area contributed by atoms with Crippen molar-refractivity contribution in [1.82, 2.24) is 29.3 Å². The SMILES string of the molecule is O=C(CS(=O)(=O)N1CCN(c2ncc(-c3ccc(F)cc3)cn2)CC1)N(O)CCCCc1ncccn1. The number of aromatic nitrogens is 4. The Bertz CT molecular complexity index is 1270. The van der Waals surface area contributed by atoms with Crippen LogP contribution in [0, 0.1) is 5.82 Å². The predicted octanol–water partition coefficient (Wildman–Crippen LogP) is 1.77. The van der Waals surface area contributed by atoms with Gasteiger partial charge in [0.25, 0.3) is 5.91 Å². The van der Waals surface area contributed by atoms with Crippen molar-refractivity contribution < 1.29 is 22.8 Å². The summed E-state index contributed by atoms with van der Waals surface area (Å²) in [4.78, 5) is 31.1. The molecule has 3 aromatic rings. The van der Waals surface area contributed by atoms with E-state index in [-0.39, 0.29) is 25.5 Å². The van der Waals surface area contributed by atoms with E-state index in [1.807, 2.05) is 4.90 Å². The Morgan fingerprint density at radius 1 is 0.946 bits per heavy atom. The summed E-state index contributed by atoms with van der Waals surface area (Å²) in [5.41, 5.74) is 1.53. The highest BCUT2D eigenvalue weighted by molar-refractivity contribution is 7.89. The lowest BCUT2D eigenvalue weighted by Crippen LogP contribution is -2.51. The summed E-state index contributed by atoms with van der Waals surface area (Å²) in [6, 6.07) is 7.74. The maximum absolute atomic E-state index is 13.1. The van der Waals surface area contributed by atoms with Gasteiger partial charge in [-0.25, -0.2) is 37.8 Å². The zero-order valence-corrected chi connectivity index (χ0v) is 21.0. The van der Waals surface area contributed by atoms with Crippen LogP contribution in [0.4, 0.5) is 10.3 Å². The number of hydrogen-bond donors (Lipinski definition) is 1. The second-order valence-corrected chi connectivity index (χ2v) is 10.5. The van der Waals surface area contributed by atoms with Gasteiger partial charge in [0.15, 0.2) is 0 Å². The highest BCUT2D eigenvalue weighted by Gasteiger charge is 2.31. The van der Waals surface area contributed by atoms with Crippen molar-refractivity contribution in [2.45, 2.75) is 19.3 Å². The molecule has 1 aliphatic rings. The van der Waals surface area contributed by atoms with E-state index in [0.29, 0.717) is 49.2 Å². The molecular formula is C24H28FN7O4S. The molecular weight excluding hydrogens is 501 g/mol. The Labute approximate surface area is 214 Å². The second kappa shape index (κ2) is 12.1. The zero-order chi connectivity index (χ0) is 26.3. The topological polar surface area (TPSA) is 133 Å². The number of piperazine rings is 1. The first-order valence-electron chi connectivity index (χ1n) is 11.9. The first-order chi connectivity index (χ1) is 17.8. The number of unbranched alkanes of at least 4 members (excludes halogenated alkanes) is 1. The second-order valence-electron chi connectivity index (χ2n) is 8.56. The summed E-state index contributed by atoms with van der Waals surface area (Å²) in [5, 5.41) is 10.5. The molecule has 11 nitrogen and oxygen atoms in total. The van der Waals surface area contributed by atoms with Gasteiger partial charge in [0.05, 0.1) is 0 Å². The van der Waals surface area contributed by atoms with Crippen LogP contribution in [0.3, 0.4) is 0 Å². The van der Waals surface area contributed by atoms with Gasteiger partial charge < -0.3 is 4.90 Å². The van der Waals surface area contributed by atoms with Crippen molar-refractivity contribution in [3.63, 3.8) is 0 Å². The number of sulfonamides is 1. The van der Waals surface area contributed by atoms with Crippen molar-refractivity contribution >= 4 is 21.9 Å². The van der Waals surface area contributed by atoms with E-state index in [4.69, 9.17) is 0 Å². The fourth-order valence-corrected chi connectivity index (χ4v) is 5.26. The third kappa shape index (κ3) is 7.24. The average Bonchev–Trinajstić information content (AvgIpc) is 2.92. The van der Waals surface area contributed by atoms with Gasteiger partial charge in [0, 0.05) is 69.5 Å². The largest absolute Gasteiger partial charge is 0.338 e. The molecule has 13 heteroatoms. The fourth-order valence-electron chi connectivity index (χ4n) is 3.89. The van der Waals surface area contributed by atoms with Gasteiger partial charge in [0.2, 0.25) is 16.0 Å². The lowest BCUT2D eigenvalue weighted by atomic mass is 10.1. The minimum atomic E-state index is -3.89. The standard InChI is InChI=1S/C24H28FN7O4S/c25-21-7-5-19(6-8-21)20-16-28-24(29-17-20)30-12-14-31(15-13-30)37(35,36)18-23(33)32(34)11-2-1-4-22-26-9-3-10-27-22/h3,5-10,16-17,34H,1-2,4,11-15,18H2. The van der Waals surface area contributed by atoms with Crippen LogP contribution in [0.5, 0.6) is 0 Å². The van der Waals surface area contributed by atoms with Crippen LogP contribution in [0.25, 0.3) is 11.1 Å². The van der Waals surface area contributed by atoms with E-state index in [1.165, 1.54) is 16.4 Å². The van der Waals surface area contributed by atoms with Crippen LogP contribution >= 0.6 is 0 Å². The molecule has 1 N–H and O–H groups in total. The minimum Gasteiger partial charge on any atom is -0.338 e. The van der Waals surface area contributed by atoms with Gasteiger partial charge >= 0.3 is 0 Å². The van der Waals surface area contributed by atoms with E-state index < -0.39 is 21.7 Å². The van der Waals surface area contributed by atoms with Crippen LogP contribution in [0.2, 0.25) is 0 Å². The normalized spacial score (nSPS) is 14.5. The van der Waals surface area contributed by atoms with Crippen LogP contribution in [-0.4, -0.2) is 87.3 Å². The van der Waals surface area contributed by atoms with E-state index in [0.717, 1.165) is 11.1 Å². The smallest absolute Gasteiger partial charge is 0.262 e. The first-order valence-corrected chi connectivity index (χ1v) is 13.5. The molecule has 0 aliphatic carbocycles. The molecule has 0 saturated carbocycles. The quantitative estimate of drug-likeness (QED) is 0.237. The molecule has 0 bridgehead atoms. The summed E-state index contributed by atoms with van der Waals surface area (Å²) in [5.74, 6) is -0.848. The van der Waals surface area contributed by atoms with E-state index in [2.05, 4.69) is 19.9 Å². The summed E-state index contributed by atoms with van der Waals surface area (Å²) in [6.07, 6.45) is 8.31. The number of hydrogen-bond acceptors (Lipinski definition) is 9. The van der Waals surface area contributed by atoms with E-state index in [1.54, 1.807) is 43.0 Å². The van der Waals surface area contributed by atoms with Gasteiger partial charge in [-0.1, -0.05) is 12.1 Å². The van der Waals surface area contributed by atoms with Crippen LogP contribution < -0.4 is 4.90 Å². The molecule has 1 saturated heterocycles. The Balaban J connectivity index is 1.22. The highest BCUT2D eigenvalue weighted by Crippen LogP contribution is 2.20. The van der Waals surface area contributed by atoms with E-state index >= 15 is 0 Å². The zero-order valence-electron chi connectivity index (χ0n) is 20.1. The summed E-state index contributed by atoms with van der Waals surface area (Å²) in [6.45, 7) is 1.07. The summed E-state index contributed by atoms with van der Waals surface area (Å²) < 4.78 is 39.9. The van der Waals surface area contributed by atoms with Crippen molar-refractivity contribution in [2.24, 2.45) is 0 Å². The molecule has 196 valence electrons. The van der Waals surface area contributed by atoms with Gasteiger partial charge in [-0.2, -0.15) is 4.31 Å². The first kappa shape index (κ1) is 26.5. The van der Waals surface area contributed by atoms with Crippen LogP contribution in [-0.2, 0) is 21.2 Å². The number of benzene rings is 1. The molecule has 3 heterocycles. The maximum atomic E-state index is 13.1. The van der Waals surface area contributed by atoms with Crippen LogP contribution in [0.1, 0.15) is 18.7 Å². The Hall–Kier alpha value is -3.55. The Morgan fingerprint density at radius 3 is 2.24 bits per heavy atom. The van der Waals surface area contributed by atoms with Crippen LogP contribution in [0.15, 0.2) is 55.1 Å². The average molecular weight is 530 g/mol. The molecule has 0 unspecified atom stereocenters. The minimum absolute atomic E-state index is 0.0280. The highest BCUT2D eigenvalue weighted by atomic mass is 32.2. The van der Waals surface area contributed by atoms with Gasteiger partial charge in [0.1, 0.15) is 17.4 Å². The Morgan fingerprint density at radius 2 is 1.59 bits per heavy atom. The molecule has 0 atom stereocenters. The fraction of sp³-hybridized carbons (Fsp3) is 0.375. The van der Waals surface area contributed by atoms with Crippen molar-refractivity contribution in [2.75, 3.05) is 43.4 Å².